The lowest BCUT2D eigenvalue weighted by Crippen LogP contribution is -2.04. The lowest BCUT2D eigenvalue weighted by Gasteiger charge is -2.10. The standard InChI is InChI=1S/C19H20N4O2/c1-24-12-14-6-5-7-15(20-14)19-21-18(13-10-11-13)22-23(19)16-8-3-4-9-17(16)25-2/h3-9,13H,10-12H2,1-2H3. The molecule has 1 saturated carbocycles. The van der Waals surface area contributed by atoms with E-state index in [1.807, 2.05) is 47.1 Å². The lowest BCUT2D eigenvalue weighted by atomic mass is 10.2. The summed E-state index contributed by atoms with van der Waals surface area (Å²) in [5.74, 6) is 2.81. The summed E-state index contributed by atoms with van der Waals surface area (Å²) in [7, 11) is 3.32. The van der Waals surface area contributed by atoms with Gasteiger partial charge in [-0.25, -0.2) is 14.6 Å². The van der Waals surface area contributed by atoms with Gasteiger partial charge in [0.25, 0.3) is 0 Å². The summed E-state index contributed by atoms with van der Waals surface area (Å²) in [5.41, 5.74) is 2.50. The van der Waals surface area contributed by atoms with Crippen LogP contribution in [0.3, 0.4) is 0 Å². The van der Waals surface area contributed by atoms with Crippen molar-refractivity contribution >= 4 is 0 Å². The van der Waals surface area contributed by atoms with E-state index in [-0.39, 0.29) is 0 Å². The fourth-order valence-corrected chi connectivity index (χ4v) is 2.81. The van der Waals surface area contributed by atoms with Gasteiger partial charge in [-0.1, -0.05) is 18.2 Å². The quantitative estimate of drug-likeness (QED) is 0.691. The summed E-state index contributed by atoms with van der Waals surface area (Å²) >= 11 is 0. The van der Waals surface area contributed by atoms with Gasteiger partial charge < -0.3 is 9.47 Å². The highest BCUT2D eigenvalue weighted by Crippen LogP contribution is 2.39. The van der Waals surface area contributed by atoms with Crippen molar-refractivity contribution in [3.63, 3.8) is 0 Å². The van der Waals surface area contributed by atoms with E-state index in [1.54, 1.807) is 14.2 Å². The van der Waals surface area contributed by atoms with Crippen molar-refractivity contribution in [2.75, 3.05) is 14.2 Å². The number of hydrogen-bond acceptors (Lipinski definition) is 5. The zero-order valence-electron chi connectivity index (χ0n) is 14.3. The number of methoxy groups -OCH3 is 2. The van der Waals surface area contributed by atoms with Crippen molar-refractivity contribution < 1.29 is 9.47 Å². The zero-order chi connectivity index (χ0) is 17.2. The minimum Gasteiger partial charge on any atom is -0.494 e. The Morgan fingerprint density at radius 1 is 1.04 bits per heavy atom. The molecule has 1 aromatic carbocycles. The third kappa shape index (κ3) is 3.13. The Morgan fingerprint density at radius 2 is 1.88 bits per heavy atom. The van der Waals surface area contributed by atoms with Crippen molar-refractivity contribution in [1.29, 1.82) is 0 Å². The molecule has 2 aromatic heterocycles. The lowest BCUT2D eigenvalue weighted by molar-refractivity contribution is 0.181. The first-order chi connectivity index (χ1) is 12.3. The average Bonchev–Trinajstić information content (AvgIpc) is 3.41. The number of hydrogen-bond donors (Lipinski definition) is 0. The highest BCUT2D eigenvalue weighted by molar-refractivity contribution is 5.57. The fourth-order valence-electron chi connectivity index (χ4n) is 2.81. The monoisotopic (exact) mass is 336 g/mol. The molecule has 0 saturated heterocycles. The predicted molar refractivity (Wildman–Crippen MR) is 93.8 cm³/mol. The highest BCUT2D eigenvalue weighted by atomic mass is 16.5. The molecule has 6 heteroatoms. The van der Waals surface area contributed by atoms with Gasteiger partial charge in [0.1, 0.15) is 17.1 Å². The number of nitrogens with zero attached hydrogens (tertiary/aromatic N) is 4. The van der Waals surface area contributed by atoms with E-state index in [9.17, 15) is 0 Å². The topological polar surface area (TPSA) is 62.1 Å². The van der Waals surface area contributed by atoms with Crippen LogP contribution in [0.4, 0.5) is 0 Å². The van der Waals surface area contributed by atoms with Gasteiger partial charge in [-0.15, -0.1) is 0 Å². The molecule has 0 spiro atoms. The van der Waals surface area contributed by atoms with Crippen LogP contribution in [-0.2, 0) is 11.3 Å². The molecular formula is C19H20N4O2. The Morgan fingerprint density at radius 3 is 2.64 bits per heavy atom. The van der Waals surface area contributed by atoms with Crippen LogP contribution >= 0.6 is 0 Å². The van der Waals surface area contributed by atoms with Crippen molar-refractivity contribution in [2.45, 2.75) is 25.4 Å². The highest BCUT2D eigenvalue weighted by Gasteiger charge is 2.30. The SMILES string of the molecule is COCc1cccc(-c2nc(C3CC3)nn2-c2ccccc2OC)n1. The first kappa shape index (κ1) is 15.8. The zero-order valence-corrected chi connectivity index (χ0v) is 14.3. The van der Waals surface area contributed by atoms with Crippen LogP contribution in [0.1, 0.15) is 30.3 Å². The molecule has 2 heterocycles. The summed E-state index contributed by atoms with van der Waals surface area (Å²) < 4.78 is 12.5. The minimum atomic E-state index is 0.455. The van der Waals surface area contributed by atoms with Gasteiger partial charge >= 0.3 is 0 Å². The van der Waals surface area contributed by atoms with Crippen LogP contribution in [0.2, 0.25) is 0 Å². The van der Waals surface area contributed by atoms with Crippen LogP contribution in [0.5, 0.6) is 5.75 Å². The molecular weight excluding hydrogens is 316 g/mol. The number of ether oxygens (including phenoxy) is 2. The van der Waals surface area contributed by atoms with E-state index in [2.05, 4.69) is 4.98 Å². The number of para-hydroxylation sites is 2. The first-order valence-corrected chi connectivity index (χ1v) is 8.35. The Balaban J connectivity index is 1.85. The molecule has 1 fully saturated rings. The first-order valence-electron chi connectivity index (χ1n) is 8.35. The van der Waals surface area contributed by atoms with Gasteiger partial charge in [-0.05, 0) is 37.1 Å². The molecule has 0 aliphatic heterocycles. The van der Waals surface area contributed by atoms with E-state index in [0.29, 0.717) is 12.5 Å². The van der Waals surface area contributed by atoms with Crippen LogP contribution in [0, 0.1) is 0 Å². The average molecular weight is 336 g/mol. The Kier molecular flexibility index (Phi) is 4.19. The Bertz CT molecular complexity index is 887. The maximum absolute atomic E-state index is 5.51. The molecule has 1 aliphatic rings. The molecule has 0 bridgehead atoms. The maximum atomic E-state index is 5.51. The summed E-state index contributed by atoms with van der Waals surface area (Å²) in [5, 5.41) is 4.76. The molecule has 6 nitrogen and oxygen atoms in total. The van der Waals surface area contributed by atoms with Crippen molar-refractivity contribution in [3.8, 4) is 23.0 Å². The predicted octanol–water partition coefficient (Wildman–Crippen LogP) is 3.36. The number of rotatable bonds is 6. The summed E-state index contributed by atoms with van der Waals surface area (Å²) in [6.45, 7) is 0.464. The molecule has 0 radical (unpaired) electrons. The molecule has 0 amide bonds. The number of aromatic nitrogens is 4. The minimum absolute atomic E-state index is 0.455. The largest absolute Gasteiger partial charge is 0.494 e. The summed E-state index contributed by atoms with van der Waals surface area (Å²) in [6.07, 6.45) is 2.29. The van der Waals surface area contributed by atoms with Gasteiger partial charge in [-0.2, -0.15) is 5.10 Å². The van der Waals surface area contributed by atoms with E-state index in [0.717, 1.165) is 47.3 Å². The van der Waals surface area contributed by atoms with Crippen molar-refractivity contribution in [3.05, 3.63) is 54.0 Å². The van der Waals surface area contributed by atoms with E-state index >= 15 is 0 Å². The van der Waals surface area contributed by atoms with Gasteiger partial charge in [0.15, 0.2) is 11.6 Å². The summed E-state index contributed by atoms with van der Waals surface area (Å²) in [4.78, 5) is 9.47. The van der Waals surface area contributed by atoms with Crippen LogP contribution < -0.4 is 4.74 Å². The second-order valence-corrected chi connectivity index (χ2v) is 6.10. The molecule has 25 heavy (non-hydrogen) atoms. The van der Waals surface area contributed by atoms with Gasteiger partial charge in [-0.3, -0.25) is 0 Å². The molecule has 0 atom stereocenters. The van der Waals surface area contributed by atoms with E-state index in [1.165, 1.54) is 0 Å². The number of benzene rings is 1. The second-order valence-electron chi connectivity index (χ2n) is 6.10. The molecule has 1 aliphatic carbocycles. The van der Waals surface area contributed by atoms with Crippen LogP contribution in [0.25, 0.3) is 17.2 Å². The molecule has 0 N–H and O–H groups in total. The van der Waals surface area contributed by atoms with Crippen LogP contribution in [0.15, 0.2) is 42.5 Å². The fraction of sp³-hybridized carbons (Fsp3) is 0.316. The Labute approximate surface area is 146 Å². The van der Waals surface area contributed by atoms with Crippen LogP contribution in [-0.4, -0.2) is 34.0 Å². The second kappa shape index (κ2) is 6.64. The number of pyridine rings is 1. The summed E-state index contributed by atoms with van der Waals surface area (Å²) in [6, 6.07) is 13.7. The maximum Gasteiger partial charge on any atom is 0.182 e. The molecule has 0 unspecified atom stereocenters. The third-order valence-electron chi connectivity index (χ3n) is 4.21. The van der Waals surface area contributed by atoms with Crippen molar-refractivity contribution in [1.82, 2.24) is 19.7 Å². The van der Waals surface area contributed by atoms with Gasteiger partial charge in [0.05, 0.1) is 19.4 Å². The molecule has 3 aromatic rings. The van der Waals surface area contributed by atoms with Crippen molar-refractivity contribution in [2.24, 2.45) is 0 Å². The molecule has 4 rings (SSSR count). The van der Waals surface area contributed by atoms with E-state index in [4.69, 9.17) is 19.6 Å². The van der Waals surface area contributed by atoms with Gasteiger partial charge in [0.2, 0.25) is 0 Å². The third-order valence-corrected chi connectivity index (χ3v) is 4.21. The smallest absolute Gasteiger partial charge is 0.182 e. The Hall–Kier alpha value is -2.73. The van der Waals surface area contributed by atoms with Gasteiger partial charge in [0, 0.05) is 13.0 Å². The van der Waals surface area contributed by atoms with E-state index < -0.39 is 0 Å². The normalized spacial score (nSPS) is 13.8. The molecule has 128 valence electrons.